The maximum absolute atomic E-state index is 11.1. The van der Waals surface area contributed by atoms with Crippen LogP contribution in [-0.2, 0) is 4.74 Å². The number of thiazole rings is 1. The summed E-state index contributed by atoms with van der Waals surface area (Å²) in [4.78, 5) is 19.8. The van der Waals surface area contributed by atoms with Crippen molar-refractivity contribution in [2.75, 3.05) is 6.61 Å². The number of hydrogen-bond acceptors (Lipinski definition) is 5. The molecule has 6 nitrogen and oxygen atoms in total. The fourth-order valence-electron chi connectivity index (χ4n) is 3.16. The average molecular weight is 372 g/mol. The van der Waals surface area contributed by atoms with Crippen LogP contribution in [0, 0.1) is 0 Å². The molecule has 1 aromatic heterocycles. The van der Waals surface area contributed by atoms with Crippen LogP contribution in [0.15, 0.2) is 34.6 Å². The maximum atomic E-state index is 11.1. The lowest BCUT2D eigenvalue weighted by molar-refractivity contribution is 0.150. The fraction of sp³-hybridized carbons (Fsp3) is 0.421. The summed E-state index contributed by atoms with van der Waals surface area (Å²) in [5, 5.41) is 2.61. The molecule has 1 aromatic carbocycles. The van der Waals surface area contributed by atoms with Gasteiger partial charge in [0.1, 0.15) is 6.34 Å². The zero-order valence-electron chi connectivity index (χ0n) is 14.9. The highest BCUT2D eigenvalue weighted by molar-refractivity contribution is 7.13. The van der Waals surface area contributed by atoms with Crippen molar-refractivity contribution in [1.82, 2.24) is 15.8 Å². The second kappa shape index (κ2) is 9.33. The molecule has 2 N–H and O–H groups in total. The van der Waals surface area contributed by atoms with Crippen LogP contribution in [-0.4, -0.2) is 24.0 Å². The Morgan fingerprint density at radius 3 is 2.81 bits per heavy atom. The number of ether oxygens (including phenoxy) is 1. The number of carbonyl (C=O) groups excluding carboxylic acids is 1. The van der Waals surface area contributed by atoms with E-state index in [2.05, 4.69) is 45.1 Å². The first-order valence-corrected chi connectivity index (χ1v) is 9.91. The molecule has 0 spiro atoms. The first-order valence-electron chi connectivity index (χ1n) is 9.03. The minimum Gasteiger partial charge on any atom is -0.449 e. The molecule has 1 heterocycles. The van der Waals surface area contributed by atoms with E-state index in [0.717, 1.165) is 11.3 Å². The molecule has 0 aliphatic heterocycles. The minimum absolute atomic E-state index is 0.319. The number of hydrazine groups is 1. The number of benzene rings is 1. The number of aromatic nitrogens is 1. The Hall–Kier alpha value is -2.41. The number of amides is 1. The molecule has 0 saturated heterocycles. The Bertz CT molecular complexity index is 736. The molecule has 0 bridgehead atoms. The summed E-state index contributed by atoms with van der Waals surface area (Å²) < 4.78 is 4.72. The van der Waals surface area contributed by atoms with Crippen molar-refractivity contribution in [2.45, 2.75) is 44.9 Å². The van der Waals surface area contributed by atoms with Crippen LogP contribution in [0.4, 0.5) is 9.93 Å². The summed E-state index contributed by atoms with van der Waals surface area (Å²) in [5.41, 5.74) is 8.36. The monoisotopic (exact) mass is 372 g/mol. The molecule has 1 saturated carbocycles. The summed E-state index contributed by atoms with van der Waals surface area (Å²) in [6.45, 7) is 2.06. The van der Waals surface area contributed by atoms with E-state index in [1.807, 2.05) is 5.38 Å². The Morgan fingerprint density at radius 2 is 2.08 bits per heavy atom. The van der Waals surface area contributed by atoms with Gasteiger partial charge in [0.2, 0.25) is 5.13 Å². The van der Waals surface area contributed by atoms with Crippen molar-refractivity contribution in [2.24, 2.45) is 4.99 Å². The number of carbonyl (C=O) groups is 1. The number of aliphatic imine (C=N–C) groups is 1. The fourth-order valence-corrected chi connectivity index (χ4v) is 3.83. The number of nitrogens with zero attached hydrogens (tertiary/aromatic N) is 2. The predicted molar refractivity (Wildman–Crippen MR) is 105 cm³/mol. The average Bonchev–Trinajstić information content (AvgIpc) is 3.15. The van der Waals surface area contributed by atoms with Crippen LogP contribution < -0.4 is 10.9 Å². The lowest BCUT2D eigenvalue weighted by Gasteiger charge is -2.22. The van der Waals surface area contributed by atoms with E-state index in [1.165, 1.54) is 55.3 Å². The molecule has 1 aliphatic carbocycles. The van der Waals surface area contributed by atoms with Crippen LogP contribution in [0.1, 0.15) is 50.5 Å². The quantitative estimate of drug-likeness (QED) is 0.435. The Labute approximate surface area is 157 Å². The molecule has 1 aliphatic rings. The van der Waals surface area contributed by atoms with Gasteiger partial charge in [-0.05, 0) is 31.2 Å². The van der Waals surface area contributed by atoms with Crippen molar-refractivity contribution >= 4 is 28.9 Å². The van der Waals surface area contributed by atoms with Gasteiger partial charge in [0.15, 0.2) is 0 Å². The standard InChI is InChI=1S/C19H24N4O2S/c1-2-25-19(24)23-21-13-20-18-22-17(12-26-18)16-10-8-15(9-11-16)14-6-4-3-5-7-14/h8-14H,2-7H2,1H3,(H,23,24)(H,20,21,22). The van der Waals surface area contributed by atoms with Crippen molar-refractivity contribution in [3.8, 4) is 11.3 Å². The lowest BCUT2D eigenvalue weighted by atomic mass is 9.84. The van der Waals surface area contributed by atoms with Gasteiger partial charge < -0.3 is 4.74 Å². The predicted octanol–water partition coefficient (Wildman–Crippen LogP) is 4.77. The second-order valence-electron chi connectivity index (χ2n) is 6.22. The third-order valence-corrected chi connectivity index (χ3v) is 5.21. The second-order valence-corrected chi connectivity index (χ2v) is 7.06. The molecule has 138 valence electrons. The molecule has 2 aromatic rings. The van der Waals surface area contributed by atoms with Crippen molar-refractivity contribution in [1.29, 1.82) is 0 Å². The van der Waals surface area contributed by atoms with E-state index in [1.54, 1.807) is 6.92 Å². The molecule has 0 atom stereocenters. The normalized spacial score (nSPS) is 15.1. The van der Waals surface area contributed by atoms with Gasteiger partial charge in [-0.15, -0.1) is 11.3 Å². The van der Waals surface area contributed by atoms with Gasteiger partial charge in [-0.3, -0.25) is 5.43 Å². The first-order chi connectivity index (χ1) is 12.8. The van der Waals surface area contributed by atoms with Crippen molar-refractivity contribution < 1.29 is 9.53 Å². The SMILES string of the molecule is CCOC(=O)NN/C=N/c1nc(-c2ccc(C3CCCCC3)cc2)cs1. The van der Waals surface area contributed by atoms with E-state index in [-0.39, 0.29) is 0 Å². The number of hydrogen-bond donors (Lipinski definition) is 2. The zero-order valence-corrected chi connectivity index (χ0v) is 15.7. The summed E-state index contributed by atoms with van der Waals surface area (Å²) in [6, 6.07) is 8.76. The molecule has 1 fully saturated rings. The number of rotatable bonds is 6. The third kappa shape index (κ3) is 5.05. The molecule has 1 amide bonds. The van der Waals surface area contributed by atoms with Crippen LogP contribution in [0.25, 0.3) is 11.3 Å². The molecular weight excluding hydrogens is 348 g/mol. The molecule has 7 heteroatoms. The van der Waals surface area contributed by atoms with Gasteiger partial charge in [-0.1, -0.05) is 43.5 Å². The summed E-state index contributed by atoms with van der Waals surface area (Å²) in [6.07, 6.45) is 7.52. The van der Waals surface area contributed by atoms with Gasteiger partial charge in [-0.2, -0.15) is 0 Å². The Balaban J connectivity index is 1.56. The third-order valence-electron chi connectivity index (χ3n) is 4.46. The van der Waals surface area contributed by atoms with Gasteiger partial charge in [0.25, 0.3) is 0 Å². The summed E-state index contributed by atoms with van der Waals surface area (Å²) in [7, 11) is 0. The molecule has 0 unspecified atom stereocenters. The summed E-state index contributed by atoms with van der Waals surface area (Å²) >= 11 is 1.45. The maximum Gasteiger partial charge on any atom is 0.425 e. The van der Waals surface area contributed by atoms with Gasteiger partial charge >= 0.3 is 6.09 Å². The Morgan fingerprint density at radius 1 is 1.31 bits per heavy atom. The molecular formula is C19H24N4O2S. The van der Waals surface area contributed by atoms with Crippen LogP contribution in [0.2, 0.25) is 0 Å². The minimum atomic E-state index is -0.545. The van der Waals surface area contributed by atoms with E-state index >= 15 is 0 Å². The highest BCUT2D eigenvalue weighted by Crippen LogP contribution is 2.34. The van der Waals surface area contributed by atoms with Crippen LogP contribution >= 0.6 is 11.3 Å². The van der Waals surface area contributed by atoms with Crippen LogP contribution in [0.5, 0.6) is 0 Å². The van der Waals surface area contributed by atoms with Crippen LogP contribution in [0.3, 0.4) is 0 Å². The first kappa shape index (κ1) is 18.4. The molecule has 26 heavy (non-hydrogen) atoms. The van der Waals surface area contributed by atoms with E-state index in [0.29, 0.717) is 17.7 Å². The molecule has 3 rings (SSSR count). The number of nitrogens with one attached hydrogen (secondary N) is 2. The van der Waals surface area contributed by atoms with E-state index in [4.69, 9.17) is 4.74 Å². The van der Waals surface area contributed by atoms with Gasteiger partial charge in [0, 0.05) is 10.9 Å². The highest BCUT2D eigenvalue weighted by Gasteiger charge is 2.15. The smallest absolute Gasteiger partial charge is 0.425 e. The molecule has 0 radical (unpaired) electrons. The van der Waals surface area contributed by atoms with Gasteiger partial charge in [0.05, 0.1) is 12.3 Å². The van der Waals surface area contributed by atoms with E-state index < -0.39 is 6.09 Å². The lowest BCUT2D eigenvalue weighted by Crippen LogP contribution is -2.36. The topological polar surface area (TPSA) is 75.6 Å². The Kier molecular flexibility index (Phi) is 6.60. The summed E-state index contributed by atoms with van der Waals surface area (Å²) in [5.74, 6) is 0.714. The van der Waals surface area contributed by atoms with Gasteiger partial charge in [-0.25, -0.2) is 20.2 Å². The zero-order chi connectivity index (χ0) is 18.2. The largest absolute Gasteiger partial charge is 0.449 e. The van der Waals surface area contributed by atoms with E-state index in [9.17, 15) is 4.79 Å². The van der Waals surface area contributed by atoms with Crippen molar-refractivity contribution in [3.63, 3.8) is 0 Å². The van der Waals surface area contributed by atoms with Crippen molar-refractivity contribution in [3.05, 3.63) is 35.2 Å². The highest BCUT2D eigenvalue weighted by atomic mass is 32.1.